The van der Waals surface area contributed by atoms with Gasteiger partial charge in [0.05, 0.1) is 17.1 Å². The molecule has 0 aromatic carbocycles. The van der Waals surface area contributed by atoms with E-state index in [1.54, 1.807) is 16.8 Å². The molecule has 0 bridgehead atoms. The van der Waals surface area contributed by atoms with E-state index < -0.39 is 0 Å². The Morgan fingerprint density at radius 3 is 2.89 bits per heavy atom. The number of hydrogen-bond donors (Lipinski definition) is 2. The molecule has 0 unspecified atom stereocenters. The van der Waals surface area contributed by atoms with Crippen LogP contribution in [-0.4, -0.2) is 26.6 Å². The van der Waals surface area contributed by atoms with Crippen LogP contribution in [0.4, 0.5) is 5.13 Å². The Bertz CT molecular complexity index is 1150. The van der Waals surface area contributed by atoms with Gasteiger partial charge in [0.25, 0.3) is 5.91 Å². The summed E-state index contributed by atoms with van der Waals surface area (Å²) < 4.78 is 7.47. The zero-order valence-corrected chi connectivity index (χ0v) is 17.0. The van der Waals surface area contributed by atoms with Gasteiger partial charge >= 0.3 is 0 Å². The number of aryl methyl sites for hydroxylation is 2. The molecule has 4 heterocycles. The van der Waals surface area contributed by atoms with Crippen molar-refractivity contribution < 1.29 is 14.0 Å². The zero-order chi connectivity index (χ0) is 19.8. The standard InChI is InChI=1S/C18H17N5O3S2/c1-9-12-6-15(28-17(12)23(3)22-9)16(25)21-18-20-13(8-27-18)14-5-4-11(26-14)7-19-10(2)24/h4-6,8H,7H2,1-3H3,(H,19,24)(H,20,21,25). The highest BCUT2D eigenvalue weighted by molar-refractivity contribution is 7.20. The monoisotopic (exact) mass is 415 g/mol. The number of fused-ring (bicyclic) bond motifs is 1. The maximum absolute atomic E-state index is 12.6. The van der Waals surface area contributed by atoms with Crippen molar-refractivity contribution in [3.8, 4) is 11.5 Å². The number of thiazole rings is 1. The van der Waals surface area contributed by atoms with Gasteiger partial charge in [-0.15, -0.1) is 22.7 Å². The van der Waals surface area contributed by atoms with E-state index in [0.717, 1.165) is 15.9 Å². The maximum atomic E-state index is 12.6. The summed E-state index contributed by atoms with van der Waals surface area (Å²) in [5.74, 6) is 0.898. The summed E-state index contributed by atoms with van der Waals surface area (Å²) in [7, 11) is 1.87. The molecule has 28 heavy (non-hydrogen) atoms. The Kier molecular flexibility index (Phi) is 4.73. The number of amides is 2. The fourth-order valence-corrected chi connectivity index (χ4v) is 4.46. The molecule has 2 N–H and O–H groups in total. The lowest BCUT2D eigenvalue weighted by molar-refractivity contribution is -0.119. The third kappa shape index (κ3) is 3.56. The number of hydrogen-bond acceptors (Lipinski definition) is 7. The minimum absolute atomic E-state index is 0.121. The average molecular weight is 416 g/mol. The third-order valence-corrected chi connectivity index (χ3v) is 6.03. The van der Waals surface area contributed by atoms with E-state index in [0.29, 0.717) is 33.8 Å². The predicted molar refractivity (Wildman–Crippen MR) is 109 cm³/mol. The maximum Gasteiger partial charge on any atom is 0.267 e. The summed E-state index contributed by atoms with van der Waals surface area (Å²) in [5, 5.41) is 13.2. The number of furan rings is 1. The minimum Gasteiger partial charge on any atom is -0.458 e. The van der Waals surface area contributed by atoms with E-state index in [2.05, 4.69) is 20.7 Å². The minimum atomic E-state index is -0.202. The van der Waals surface area contributed by atoms with Gasteiger partial charge in [-0.3, -0.25) is 19.6 Å². The summed E-state index contributed by atoms with van der Waals surface area (Å²) in [6, 6.07) is 5.43. The van der Waals surface area contributed by atoms with E-state index in [9.17, 15) is 9.59 Å². The van der Waals surface area contributed by atoms with E-state index in [-0.39, 0.29) is 11.8 Å². The lowest BCUT2D eigenvalue weighted by Gasteiger charge is -1.98. The number of carbonyl (C=O) groups excluding carboxylic acids is 2. The Balaban J connectivity index is 1.47. The van der Waals surface area contributed by atoms with Crippen LogP contribution in [0.15, 0.2) is 28.0 Å². The van der Waals surface area contributed by atoms with Crippen LogP contribution in [0.5, 0.6) is 0 Å². The normalized spacial score (nSPS) is 11.1. The fraction of sp³-hybridized carbons (Fsp3) is 0.222. The molecule has 8 nitrogen and oxygen atoms in total. The van der Waals surface area contributed by atoms with Crippen molar-refractivity contribution in [2.24, 2.45) is 7.05 Å². The van der Waals surface area contributed by atoms with Crippen molar-refractivity contribution in [3.63, 3.8) is 0 Å². The van der Waals surface area contributed by atoms with Gasteiger partial charge in [0.15, 0.2) is 10.9 Å². The van der Waals surface area contributed by atoms with E-state index in [1.165, 1.54) is 29.6 Å². The molecule has 0 fully saturated rings. The molecule has 144 valence electrons. The first-order valence-corrected chi connectivity index (χ1v) is 10.1. The van der Waals surface area contributed by atoms with Gasteiger partial charge in [-0.25, -0.2) is 4.98 Å². The quantitative estimate of drug-likeness (QED) is 0.519. The molecule has 10 heteroatoms. The first-order chi connectivity index (χ1) is 13.4. The number of anilines is 1. The number of rotatable bonds is 5. The molecule has 0 saturated carbocycles. The zero-order valence-electron chi connectivity index (χ0n) is 15.4. The van der Waals surface area contributed by atoms with Gasteiger partial charge in [0, 0.05) is 24.7 Å². The van der Waals surface area contributed by atoms with E-state index >= 15 is 0 Å². The van der Waals surface area contributed by atoms with Gasteiger partial charge in [0.2, 0.25) is 5.91 Å². The van der Waals surface area contributed by atoms with E-state index in [4.69, 9.17) is 4.42 Å². The highest BCUT2D eigenvalue weighted by Crippen LogP contribution is 2.30. The topological polar surface area (TPSA) is 102 Å². The van der Waals surface area contributed by atoms with Crippen molar-refractivity contribution in [1.82, 2.24) is 20.1 Å². The SMILES string of the molecule is CC(=O)NCc1ccc(-c2csc(NC(=O)c3cc4c(C)nn(C)c4s3)n2)o1. The van der Waals surface area contributed by atoms with Crippen molar-refractivity contribution >= 4 is 49.8 Å². The summed E-state index contributed by atoms with van der Waals surface area (Å²) >= 11 is 2.72. The molecule has 0 atom stereocenters. The lowest BCUT2D eigenvalue weighted by Crippen LogP contribution is -2.18. The second-order valence-electron chi connectivity index (χ2n) is 6.21. The highest BCUT2D eigenvalue weighted by atomic mass is 32.1. The molecule has 4 aromatic rings. The molecule has 4 aromatic heterocycles. The molecular weight excluding hydrogens is 398 g/mol. The number of nitrogens with one attached hydrogen (secondary N) is 2. The van der Waals surface area contributed by atoms with Crippen LogP contribution in [0.2, 0.25) is 0 Å². The molecule has 0 aliphatic carbocycles. The van der Waals surface area contributed by atoms with Crippen LogP contribution in [0.1, 0.15) is 28.0 Å². The molecule has 0 saturated heterocycles. The number of aromatic nitrogens is 3. The van der Waals surface area contributed by atoms with Crippen molar-refractivity contribution in [2.45, 2.75) is 20.4 Å². The van der Waals surface area contributed by atoms with Crippen LogP contribution in [-0.2, 0) is 18.4 Å². The Hall–Kier alpha value is -2.98. The fourth-order valence-electron chi connectivity index (χ4n) is 2.74. The largest absolute Gasteiger partial charge is 0.458 e. The summed E-state index contributed by atoms with van der Waals surface area (Å²) in [5.41, 5.74) is 1.53. The smallest absolute Gasteiger partial charge is 0.267 e. The Morgan fingerprint density at radius 1 is 1.32 bits per heavy atom. The molecule has 0 radical (unpaired) electrons. The van der Waals surface area contributed by atoms with Crippen LogP contribution in [0.3, 0.4) is 0 Å². The van der Waals surface area contributed by atoms with Crippen molar-refractivity contribution in [3.05, 3.63) is 39.9 Å². The Labute approximate surface area is 168 Å². The second kappa shape index (κ2) is 7.21. The average Bonchev–Trinajstić information content (AvgIpc) is 3.40. The predicted octanol–water partition coefficient (Wildman–Crippen LogP) is 3.55. The van der Waals surface area contributed by atoms with Crippen LogP contribution >= 0.6 is 22.7 Å². The number of nitrogens with zero attached hydrogens (tertiary/aromatic N) is 3. The van der Waals surface area contributed by atoms with Crippen molar-refractivity contribution in [2.75, 3.05) is 5.32 Å². The van der Waals surface area contributed by atoms with Crippen LogP contribution in [0, 0.1) is 6.92 Å². The molecule has 4 rings (SSSR count). The van der Waals surface area contributed by atoms with Gasteiger partial charge in [0.1, 0.15) is 16.3 Å². The van der Waals surface area contributed by atoms with Crippen LogP contribution < -0.4 is 10.6 Å². The third-order valence-electron chi connectivity index (χ3n) is 4.07. The summed E-state index contributed by atoms with van der Waals surface area (Å²) in [6.45, 7) is 3.70. The Morgan fingerprint density at radius 2 is 2.14 bits per heavy atom. The first kappa shape index (κ1) is 18.4. The van der Waals surface area contributed by atoms with Gasteiger partial charge < -0.3 is 9.73 Å². The summed E-state index contributed by atoms with van der Waals surface area (Å²) in [4.78, 5) is 29.6. The van der Waals surface area contributed by atoms with Gasteiger partial charge in [-0.2, -0.15) is 5.10 Å². The summed E-state index contributed by atoms with van der Waals surface area (Å²) in [6.07, 6.45) is 0. The van der Waals surface area contributed by atoms with Crippen molar-refractivity contribution in [1.29, 1.82) is 0 Å². The molecule has 0 spiro atoms. The molecule has 0 aliphatic heterocycles. The lowest BCUT2D eigenvalue weighted by atomic mass is 10.3. The molecular formula is C18H17N5O3S2. The van der Waals surface area contributed by atoms with Gasteiger partial charge in [-0.1, -0.05) is 0 Å². The molecule has 0 aliphatic rings. The highest BCUT2D eigenvalue weighted by Gasteiger charge is 2.17. The number of thiophene rings is 1. The number of carbonyl (C=O) groups is 2. The molecule has 2 amide bonds. The first-order valence-electron chi connectivity index (χ1n) is 8.44. The van der Waals surface area contributed by atoms with Crippen LogP contribution in [0.25, 0.3) is 21.7 Å². The second-order valence-corrected chi connectivity index (χ2v) is 8.09. The van der Waals surface area contributed by atoms with Gasteiger partial charge in [-0.05, 0) is 25.1 Å². The van der Waals surface area contributed by atoms with E-state index in [1.807, 2.05) is 25.4 Å².